The van der Waals surface area contributed by atoms with Crippen LogP contribution in [0.3, 0.4) is 0 Å². The number of benzene rings is 2. The second kappa shape index (κ2) is 6.25. The Morgan fingerprint density at radius 1 is 1.11 bits per heavy atom. The van der Waals surface area contributed by atoms with E-state index < -0.39 is 5.89 Å². The maximum atomic E-state index is 8.95. The van der Waals surface area contributed by atoms with Gasteiger partial charge in [0.15, 0.2) is 5.69 Å². The van der Waals surface area contributed by atoms with Gasteiger partial charge < -0.3 is 4.42 Å². The van der Waals surface area contributed by atoms with Gasteiger partial charge in [0, 0.05) is 31.2 Å². The first-order valence-electron chi connectivity index (χ1n) is 10.4. The first-order chi connectivity index (χ1) is 14.1. The molecule has 0 aliphatic carbocycles. The van der Waals surface area contributed by atoms with Crippen LogP contribution in [-0.4, -0.2) is 0 Å². The molecule has 0 N–H and O–H groups in total. The molecule has 4 rings (SSSR count). The number of furan rings is 1. The average Bonchev–Trinajstić information content (AvgIpc) is 3.05. The fourth-order valence-corrected chi connectivity index (χ4v) is 3.47. The Morgan fingerprint density at radius 3 is 2.56 bits per heavy atom. The molecule has 3 heteroatoms. The van der Waals surface area contributed by atoms with Crippen molar-refractivity contribution in [3.8, 4) is 11.3 Å². The fraction of sp³-hybridized carbons (Fsp3) is 0.250. The summed E-state index contributed by atoms with van der Waals surface area (Å²) in [6.07, 6.45) is 0. The lowest BCUT2D eigenvalue weighted by Gasteiger charge is -2.11. The fourth-order valence-electron chi connectivity index (χ4n) is 3.47. The third kappa shape index (κ3) is 2.61. The van der Waals surface area contributed by atoms with Crippen molar-refractivity contribution in [3.05, 3.63) is 70.7 Å². The molecule has 0 bridgehead atoms. The van der Waals surface area contributed by atoms with E-state index in [1.165, 1.54) is 0 Å². The minimum Gasteiger partial charge on any atom is -0.466 e. The van der Waals surface area contributed by atoms with Gasteiger partial charge in [0.1, 0.15) is 18.2 Å². The summed E-state index contributed by atoms with van der Waals surface area (Å²) in [7, 11) is 1.84. The molecule has 0 atom stereocenters. The Morgan fingerprint density at radius 2 is 1.85 bits per heavy atom. The molecule has 0 saturated heterocycles. The quantitative estimate of drug-likeness (QED) is 0.301. The molecule has 4 aromatic rings. The molecule has 0 amide bonds. The van der Waals surface area contributed by atoms with Crippen LogP contribution in [0.5, 0.6) is 0 Å². The highest BCUT2D eigenvalue weighted by Gasteiger charge is 2.23. The highest BCUT2D eigenvalue weighted by molar-refractivity contribution is 6.12. The van der Waals surface area contributed by atoms with Crippen LogP contribution in [0.2, 0.25) is 0 Å². The predicted octanol–water partition coefficient (Wildman–Crippen LogP) is 6.37. The van der Waals surface area contributed by atoms with E-state index in [4.69, 9.17) is 15.1 Å². The average molecular weight is 358 g/mol. The second-order valence-electron chi connectivity index (χ2n) is 7.12. The highest BCUT2D eigenvalue weighted by Crippen LogP contribution is 2.40. The van der Waals surface area contributed by atoms with E-state index in [0.717, 1.165) is 21.9 Å². The number of para-hydroxylation sites is 1. The van der Waals surface area contributed by atoms with Crippen molar-refractivity contribution < 1.29 is 13.1 Å². The third-order valence-electron chi connectivity index (χ3n) is 5.10. The lowest BCUT2D eigenvalue weighted by Crippen LogP contribution is -2.35. The van der Waals surface area contributed by atoms with Crippen LogP contribution < -0.4 is 4.57 Å². The number of hydrogen-bond acceptors (Lipinski definition) is 1. The zero-order valence-corrected chi connectivity index (χ0v) is 16.2. The van der Waals surface area contributed by atoms with Crippen molar-refractivity contribution in [2.75, 3.05) is 0 Å². The van der Waals surface area contributed by atoms with Gasteiger partial charge in [-0.25, -0.2) is 4.85 Å². The number of aryl methyl sites for hydroxylation is 1. The van der Waals surface area contributed by atoms with Gasteiger partial charge in [-0.15, -0.1) is 0 Å². The van der Waals surface area contributed by atoms with E-state index in [1.807, 2.05) is 49.7 Å². The summed E-state index contributed by atoms with van der Waals surface area (Å²) in [4.78, 5) is 3.59. The normalized spacial score (nSPS) is 13.4. The summed E-state index contributed by atoms with van der Waals surface area (Å²) in [6, 6.07) is 9.88. The van der Waals surface area contributed by atoms with Crippen molar-refractivity contribution >= 4 is 27.6 Å². The molecule has 27 heavy (non-hydrogen) atoms. The summed E-state index contributed by atoms with van der Waals surface area (Å²) in [5.41, 5.74) is 5.00. The molecule has 3 nitrogen and oxygen atoms in total. The second-order valence-corrected chi connectivity index (χ2v) is 7.12. The first kappa shape index (κ1) is 14.0. The van der Waals surface area contributed by atoms with Crippen molar-refractivity contribution in [2.24, 2.45) is 7.05 Å². The predicted molar refractivity (Wildman–Crippen MR) is 110 cm³/mol. The summed E-state index contributed by atoms with van der Waals surface area (Å²) >= 11 is 0. The number of nitrogens with zero attached hydrogens (tertiary/aromatic N) is 2. The molecule has 0 unspecified atom stereocenters. The van der Waals surface area contributed by atoms with Crippen molar-refractivity contribution in [3.63, 3.8) is 0 Å². The van der Waals surface area contributed by atoms with E-state index in [9.17, 15) is 0 Å². The molecular weight excluding hydrogens is 332 g/mol. The van der Waals surface area contributed by atoms with Gasteiger partial charge in [-0.2, -0.15) is 4.57 Å². The van der Waals surface area contributed by atoms with Crippen molar-refractivity contribution in [1.82, 2.24) is 0 Å². The lowest BCUT2D eigenvalue weighted by atomic mass is 9.96. The molecule has 0 saturated carbocycles. The van der Waals surface area contributed by atoms with Gasteiger partial charge in [-0.1, -0.05) is 44.2 Å². The van der Waals surface area contributed by atoms with Crippen LogP contribution in [0, 0.1) is 20.4 Å². The SMILES string of the molecule is [2H]c1c(C([2H])(C)C)c([2H])c(-c2c(C)ccc3c2oc2c([N+]#[C-])cccc23)[n+](C)c1C. The third-order valence-corrected chi connectivity index (χ3v) is 5.10. The van der Waals surface area contributed by atoms with E-state index in [-0.39, 0.29) is 12.1 Å². The number of hydrogen-bond donors (Lipinski definition) is 0. The van der Waals surface area contributed by atoms with Crippen LogP contribution in [0.1, 0.15) is 40.7 Å². The molecule has 0 spiro atoms. The number of pyridine rings is 1. The molecule has 0 radical (unpaired) electrons. The van der Waals surface area contributed by atoms with E-state index in [1.54, 1.807) is 19.9 Å². The summed E-state index contributed by atoms with van der Waals surface area (Å²) in [6.45, 7) is 14.7. The number of fused-ring (bicyclic) bond motifs is 3. The van der Waals surface area contributed by atoms with E-state index in [0.29, 0.717) is 33.8 Å². The van der Waals surface area contributed by atoms with Gasteiger partial charge in [-0.05, 0) is 23.9 Å². The van der Waals surface area contributed by atoms with Crippen LogP contribution in [0.15, 0.2) is 46.8 Å². The molecule has 2 heterocycles. The standard InChI is InChI=1S/C24H23N2O/c1-14(2)17-12-16(4)26(6)21(13-17)22-15(3)10-11-19-18-8-7-9-20(25-5)23(18)27-24(19)22/h7-14H,1-4,6H3/q+1/i12D,13D,14D. The van der Waals surface area contributed by atoms with Crippen LogP contribution >= 0.6 is 0 Å². The smallest absolute Gasteiger partial charge is 0.229 e. The molecule has 0 aliphatic heterocycles. The molecule has 2 aromatic carbocycles. The zero-order chi connectivity index (χ0) is 22.0. The van der Waals surface area contributed by atoms with Gasteiger partial charge in [0.25, 0.3) is 0 Å². The van der Waals surface area contributed by atoms with Gasteiger partial charge >= 0.3 is 0 Å². The molecule has 0 aliphatic rings. The Labute approximate surface area is 163 Å². The van der Waals surface area contributed by atoms with Crippen LogP contribution in [-0.2, 0) is 7.05 Å². The Bertz CT molecular complexity index is 1390. The Kier molecular flexibility index (Phi) is 3.24. The monoisotopic (exact) mass is 358 g/mol. The summed E-state index contributed by atoms with van der Waals surface area (Å²) < 4.78 is 34.1. The minimum absolute atomic E-state index is 0.162. The maximum absolute atomic E-state index is 8.95. The minimum atomic E-state index is -1.09. The van der Waals surface area contributed by atoms with E-state index >= 15 is 0 Å². The topological polar surface area (TPSA) is 21.4 Å². The molecule has 0 fully saturated rings. The van der Waals surface area contributed by atoms with Gasteiger partial charge in [0.05, 0.1) is 14.9 Å². The van der Waals surface area contributed by atoms with Crippen LogP contribution in [0.4, 0.5) is 5.69 Å². The van der Waals surface area contributed by atoms with Crippen molar-refractivity contribution in [2.45, 2.75) is 33.6 Å². The summed E-state index contributed by atoms with van der Waals surface area (Å²) in [5, 5.41) is 1.75. The molecule has 2 aromatic heterocycles. The Hall–Kier alpha value is -3.12. The highest BCUT2D eigenvalue weighted by atomic mass is 16.3. The number of rotatable bonds is 2. The maximum Gasteiger partial charge on any atom is 0.229 e. The van der Waals surface area contributed by atoms with E-state index in [2.05, 4.69) is 4.85 Å². The number of aromatic nitrogens is 1. The van der Waals surface area contributed by atoms with Crippen LogP contribution in [0.25, 0.3) is 38.0 Å². The van der Waals surface area contributed by atoms with Gasteiger partial charge in [0.2, 0.25) is 11.4 Å². The molecular formula is C24H23N2O+. The lowest BCUT2D eigenvalue weighted by molar-refractivity contribution is -0.666. The van der Waals surface area contributed by atoms with Crippen molar-refractivity contribution in [1.29, 1.82) is 0 Å². The largest absolute Gasteiger partial charge is 0.466 e. The zero-order valence-electron chi connectivity index (χ0n) is 19.2. The summed E-state index contributed by atoms with van der Waals surface area (Å²) in [5.74, 6) is -1.09. The first-order valence-corrected chi connectivity index (χ1v) is 8.90. The molecule has 134 valence electrons. The van der Waals surface area contributed by atoms with Gasteiger partial charge in [-0.3, -0.25) is 0 Å². The Balaban J connectivity index is 2.22.